The van der Waals surface area contributed by atoms with Crippen molar-refractivity contribution in [2.45, 2.75) is 0 Å². The van der Waals surface area contributed by atoms with Crippen LogP contribution in [0.2, 0.25) is 0 Å². The Labute approximate surface area is 62.4 Å². The van der Waals surface area contributed by atoms with Gasteiger partial charge in [0.05, 0.1) is 0 Å². The fourth-order valence-corrected chi connectivity index (χ4v) is 0.592. The Balaban J connectivity index is 2.86. The van der Waals surface area contributed by atoms with Gasteiger partial charge < -0.3 is 0 Å². The maximum atomic E-state index is 10.7. The molecule has 11 heavy (non-hydrogen) atoms. The van der Waals surface area contributed by atoms with Crippen molar-refractivity contribution in [3.05, 3.63) is 30.1 Å². The maximum Gasteiger partial charge on any atom is 0.321 e. The largest absolute Gasteiger partial charge is 0.321 e. The molecule has 1 amide bonds. The molecular formula is C6H6N2O3. The summed E-state index contributed by atoms with van der Waals surface area (Å²) in [6, 6.07) is 4.57. The van der Waals surface area contributed by atoms with Crippen LogP contribution in [0.1, 0.15) is 10.5 Å². The first kappa shape index (κ1) is 7.64. The highest BCUT2D eigenvalue weighted by Gasteiger charge is 2.10. The second kappa shape index (κ2) is 3.09. The van der Waals surface area contributed by atoms with Crippen LogP contribution in [-0.4, -0.2) is 26.5 Å². The van der Waals surface area contributed by atoms with Gasteiger partial charge in [-0.05, 0) is 12.1 Å². The lowest BCUT2D eigenvalue weighted by Crippen LogP contribution is -2.23. The molecule has 5 nitrogen and oxygen atoms in total. The fourth-order valence-electron chi connectivity index (χ4n) is 0.592. The summed E-state index contributed by atoms with van der Waals surface area (Å²) in [5.41, 5.74) is -0.0162. The number of rotatable bonds is 1. The van der Waals surface area contributed by atoms with E-state index < -0.39 is 11.1 Å². The molecule has 0 saturated heterocycles. The molecule has 0 unspecified atom stereocenters. The van der Waals surface area contributed by atoms with Gasteiger partial charge in [0, 0.05) is 6.20 Å². The van der Waals surface area contributed by atoms with Gasteiger partial charge in [-0.3, -0.25) is 20.2 Å². The minimum atomic E-state index is -0.953. The summed E-state index contributed by atoms with van der Waals surface area (Å²) in [6.45, 7) is 0. The second-order valence-corrected chi connectivity index (χ2v) is 1.81. The highest BCUT2D eigenvalue weighted by Crippen LogP contribution is 1.95. The summed E-state index contributed by atoms with van der Waals surface area (Å²) < 4.78 is 0. The third-order valence-electron chi connectivity index (χ3n) is 1.07. The van der Waals surface area contributed by atoms with Crippen LogP contribution in [0.3, 0.4) is 0 Å². The van der Waals surface area contributed by atoms with Gasteiger partial charge in [0.1, 0.15) is 5.69 Å². The molecule has 1 aromatic rings. The molecule has 5 heteroatoms. The third-order valence-corrected chi connectivity index (χ3v) is 1.07. The van der Waals surface area contributed by atoms with E-state index in [9.17, 15) is 4.79 Å². The number of hydroxylamine groups is 2. The van der Waals surface area contributed by atoms with Crippen molar-refractivity contribution in [2.24, 2.45) is 0 Å². The van der Waals surface area contributed by atoms with Crippen LogP contribution in [0, 0.1) is 0 Å². The smallest absolute Gasteiger partial charge is 0.262 e. The molecule has 0 aliphatic rings. The van der Waals surface area contributed by atoms with Crippen LogP contribution in [0.4, 0.5) is 0 Å². The van der Waals surface area contributed by atoms with E-state index in [1.807, 2.05) is 0 Å². The van der Waals surface area contributed by atoms with Gasteiger partial charge in [-0.15, -0.1) is 0 Å². The summed E-state index contributed by atoms with van der Waals surface area (Å²) >= 11 is 0. The number of carbonyl (C=O) groups excluding carboxylic acids is 1. The van der Waals surface area contributed by atoms with Crippen LogP contribution >= 0.6 is 0 Å². The summed E-state index contributed by atoms with van der Waals surface area (Å²) in [6.07, 6.45) is 1.39. The second-order valence-electron chi connectivity index (χ2n) is 1.81. The zero-order valence-corrected chi connectivity index (χ0v) is 5.51. The number of aromatic nitrogens is 1. The number of nitrogens with zero attached hydrogens (tertiary/aromatic N) is 2. The summed E-state index contributed by atoms with van der Waals surface area (Å²) in [4.78, 5) is 14.3. The maximum absolute atomic E-state index is 10.7. The first-order valence-electron chi connectivity index (χ1n) is 2.85. The first-order valence-corrected chi connectivity index (χ1v) is 2.85. The van der Waals surface area contributed by atoms with Crippen LogP contribution in [0.15, 0.2) is 24.4 Å². The van der Waals surface area contributed by atoms with Gasteiger partial charge in [-0.1, -0.05) is 11.3 Å². The standard InChI is InChI=1S/C6H6N2O3/c9-6(8(10)11)5-3-1-2-4-7-5/h1-4,10-11H. The van der Waals surface area contributed by atoms with E-state index in [1.165, 1.54) is 12.3 Å². The lowest BCUT2D eigenvalue weighted by atomic mass is 10.3. The summed E-state index contributed by atoms with van der Waals surface area (Å²) in [5.74, 6) is -0.953. The van der Waals surface area contributed by atoms with Crippen molar-refractivity contribution < 1.29 is 15.2 Å². The van der Waals surface area contributed by atoms with Crippen molar-refractivity contribution in [1.29, 1.82) is 0 Å². The molecule has 0 spiro atoms. The van der Waals surface area contributed by atoms with Crippen LogP contribution < -0.4 is 0 Å². The van der Waals surface area contributed by atoms with Crippen LogP contribution in [0.25, 0.3) is 0 Å². The van der Waals surface area contributed by atoms with E-state index in [-0.39, 0.29) is 5.69 Å². The zero-order chi connectivity index (χ0) is 8.27. The molecule has 0 fully saturated rings. The monoisotopic (exact) mass is 154 g/mol. The molecular weight excluding hydrogens is 148 g/mol. The van der Waals surface area contributed by atoms with Crippen molar-refractivity contribution in [1.82, 2.24) is 10.2 Å². The molecule has 1 aromatic heterocycles. The highest BCUT2D eigenvalue weighted by molar-refractivity contribution is 5.90. The predicted molar refractivity (Wildman–Crippen MR) is 34.0 cm³/mol. The van der Waals surface area contributed by atoms with Crippen molar-refractivity contribution in [3.63, 3.8) is 0 Å². The molecule has 0 saturated carbocycles. The van der Waals surface area contributed by atoms with Gasteiger partial charge in [0.2, 0.25) is 0 Å². The molecule has 0 aromatic carbocycles. The number of hydrogen-bond donors (Lipinski definition) is 2. The van der Waals surface area contributed by atoms with Gasteiger partial charge in [-0.2, -0.15) is 0 Å². The van der Waals surface area contributed by atoms with Crippen LogP contribution in [-0.2, 0) is 0 Å². The fraction of sp³-hybridized carbons (Fsp3) is 0. The molecule has 1 rings (SSSR count). The Hall–Kier alpha value is -1.46. The van der Waals surface area contributed by atoms with E-state index in [1.54, 1.807) is 12.1 Å². The Kier molecular flexibility index (Phi) is 2.15. The molecule has 0 atom stereocenters. The number of pyridine rings is 1. The Morgan fingerprint density at radius 3 is 2.64 bits per heavy atom. The molecule has 1 heterocycles. The van der Waals surface area contributed by atoms with Crippen molar-refractivity contribution >= 4 is 5.91 Å². The minimum Gasteiger partial charge on any atom is -0.262 e. The molecule has 0 aliphatic heterocycles. The van der Waals surface area contributed by atoms with Crippen molar-refractivity contribution in [2.75, 3.05) is 0 Å². The first-order chi connectivity index (χ1) is 5.22. The van der Waals surface area contributed by atoms with E-state index in [2.05, 4.69) is 4.98 Å². The molecule has 0 aliphatic carbocycles. The SMILES string of the molecule is O=C(c1ccccn1)N(O)O. The van der Waals surface area contributed by atoms with E-state index in [0.29, 0.717) is 0 Å². The van der Waals surface area contributed by atoms with E-state index >= 15 is 0 Å². The Bertz CT molecular complexity index is 247. The molecule has 2 N–H and O–H groups in total. The van der Waals surface area contributed by atoms with Gasteiger partial charge >= 0.3 is 5.91 Å². The highest BCUT2D eigenvalue weighted by atomic mass is 16.8. The average Bonchev–Trinajstić information content (AvgIpc) is 2.05. The number of amides is 1. The van der Waals surface area contributed by atoms with Crippen molar-refractivity contribution in [3.8, 4) is 0 Å². The normalized spacial score (nSPS) is 9.27. The quantitative estimate of drug-likeness (QED) is 0.450. The van der Waals surface area contributed by atoms with E-state index in [0.717, 1.165) is 0 Å². The number of carbonyl (C=O) groups is 1. The molecule has 0 radical (unpaired) electrons. The Morgan fingerprint density at radius 2 is 2.18 bits per heavy atom. The number of hydrogen-bond acceptors (Lipinski definition) is 4. The summed E-state index contributed by atoms with van der Waals surface area (Å²) in [7, 11) is 0. The summed E-state index contributed by atoms with van der Waals surface area (Å²) in [5, 5.41) is 16.0. The predicted octanol–water partition coefficient (Wildman–Crippen LogP) is 0.302. The average molecular weight is 154 g/mol. The third kappa shape index (κ3) is 1.73. The molecule has 58 valence electrons. The Morgan fingerprint density at radius 1 is 1.45 bits per heavy atom. The lowest BCUT2D eigenvalue weighted by Gasteiger charge is -2.03. The minimum absolute atomic E-state index is 0.0162. The van der Waals surface area contributed by atoms with E-state index in [4.69, 9.17) is 10.4 Å². The molecule has 0 bridgehead atoms. The van der Waals surface area contributed by atoms with Crippen LogP contribution in [0.5, 0.6) is 0 Å². The van der Waals surface area contributed by atoms with Gasteiger partial charge in [0.25, 0.3) is 0 Å². The zero-order valence-electron chi connectivity index (χ0n) is 5.51. The van der Waals surface area contributed by atoms with Gasteiger partial charge in [0.15, 0.2) is 0 Å². The van der Waals surface area contributed by atoms with Gasteiger partial charge in [-0.25, -0.2) is 0 Å². The lowest BCUT2D eigenvalue weighted by molar-refractivity contribution is -0.260. The topological polar surface area (TPSA) is 73.7 Å².